The van der Waals surface area contributed by atoms with Crippen molar-refractivity contribution in [2.75, 3.05) is 20.3 Å². The van der Waals surface area contributed by atoms with Gasteiger partial charge in [-0.1, -0.05) is 6.07 Å². The number of benzene rings is 1. The van der Waals surface area contributed by atoms with E-state index in [1.807, 2.05) is 13.0 Å². The summed E-state index contributed by atoms with van der Waals surface area (Å²) in [6.45, 7) is 4.48. The highest BCUT2D eigenvalue weighted by Crippen LogP contribution is 2.28. The zero-order valence-electron chi connectivity index (χ0n) is 13.8. The molecule has 1 aromatic rings. The molecule has 1 unspecified atom stereocenters. The lowest BCUT2D eigenvalue weighted by atomic mass is 10.2. The molecule has 1 aromatic carbocycles. The standard InChI is InChI=1S/C16H25N3O4/c1-4-18-16(21)10-23-13-6-5-12(8-14(13)22-3)9-19-15(20)7-11(2)17/h5-6,8,11H,4,7,9-10,17H2,1-3H3,(H,18,21)(H,19,20). The maximum Gasteiger partial charge on any atom is 0.257 e. The summed E-state index contributed by atoms with van der Waals surface area (Å²) in [6.07, 6.45) is 0.283. The summed E-state index contributed by atoms with van der Waals surface area (Å²) in [4.78, 5) is 23.0. The number of amides is 2. The van der Waals surface area contributed by atoms with Gasteiger partial charge in [-0.05, 0) is 31.5 Å². The quantitative estimate of drug-likeness (QED) is 0.616. The van der Waals surface area contributed by atoms with Crippen molar-refractivity contribution in [2.24, 2.45) is 5.73 Å². The van der Waals surface area contributed by atoms with Crippen LogP contribution < -0.4 is 25.8 Å². The molecule has 23 heavy (non-hydrogen) atoms. The summed E-state index contributed by atoms with van der Waals surface area (Å²) in [5, 5.41) is 5.44. The van der Waals surface area contributed by atoms with E-state index in [1.54, 1.807) is 19.1 Å². The number of methoxy groups -OCH3 is 1. The number of hydrogen-bond acceptors (Lipinski definition) is 5. The monoisotopic (exact) mass is 323 g/mol. The van der Waals surface area contributed by atoms with Crippen molar-refractivity contribution >= 4 is 11.8 Å². The molecular weight excluding hydrogens is 298 g/mol. The van der Waals surface area contributed by atoms with Crippen LogP contribution in [0.15, 0.2) is 18.2 Å². The topological polar surface area (TPSA) is 103 Å². The van der Waals surface area contributed by atoms with Crippen molar-refractivity contribution in [3.8, 4) is 11.5 Å². The van der Waals surface area contributed by atoms with Gasteiger partial charge in [-0.25, -0.2) is 0 Å². The summed E-state index contributed by atoms with van der Waals surface area (Å²) in [5.41, 5.74) is 6.44. The van der Waals surface area contributed by atoms with Gasteiger partial charge < -0.3 is 25.8 Å². The van der Waals surface area contributed by atoms with Gasteiger partial charge >= 0.3 is 0 Å². The predicted molar refractivity (Wildman–Crippen MR) is 87.3 cm³/mol. The van der Waals surface area contributed by atoms with Crippen LogP contribution in [0.1, 0.15) is 25.8 Å². The van der Waals surface area contributed by atoms with E-state index in [4.69, 9.17) is 15.2 Å². The third kappa shape index (κ3) is 7.01. The Balaban J connectivity index is 2.61. The molecular formula is C16H25N3O4. The molecule has 128 valence electrons. The molecule has 7 heteroatoms. The Hall–Kier alpha value is -2.28. The minimum atomic E-state index is -0.193. The van der Waals surface area contributed by atoms with E-state index >= 15 is 0 Å². The Morgan fingerprint density at radius 3 is 2.57 bits per heavy atom. The number of carbonyl (C=O) groups excluding carboxylic acids is 2. The van der Waals surface area contributed by atoms with Crippen molar-refractivity contribution in [2.45, 2.75) is 32.9 Å². The molecule has 0 aliphatic carbocycles. The number of nitrogens with two attached hydrogens (primary N) is 1. The lowest BCUT2D eigenvalue weighted by Crippen LogP contribution is -2.29. The van der Waals surface area contributed by atoms with E-state index in [2.05, 4.69) is 10.6 Å². The number of hydrogen-bond donors (Lipinski definition) is 3. The van der Waals surface area contributed by atoms with Gasteiger partial charge in [-0.2, -0.15) is 0 Å². The summed E-state index contributed by atoms with van der Waals surface area (Å²) >= 11 is 0. The van der Waals surface area contributed by atoms with Crippen LogP contribution >= 0.6 is 0 Å². The first-order valence-electron chi connectivity index (χ1n) is 7.55. The molecule has 0 fully saturated rings. The van der Waals surface area contributed by atoms with E-state index in [0.717, 1.165) is 5.56 Å². The van der Waals surface area contributed by atoms with Gasteiger partial charge in [-0.3, -0.25) is 9.59 Å². The molecule has 4 N–H and O–H groups in total. The largest absolute Gasteiger partial charge is 0.493 e. The zero-order chi connectivity index (χ0) is 17.2. The van der Waals surface area contributed by atoms with E-state index < -0.39 is 0 Å². The fourth-order valence-electron chi connectivity index (χ4n) is 1.90. The van der Waals surface area contributed by atoms with E-state index in [0.29, 0.717) is 24.6 Å². The van der Waals surface area contributed by atoms with Crippen molar-refractivity contribution in [3.05, 3.63) is 23.8 Å². The molecule has 0 radical (unpaired) electrons. The van der Waals surface area contributed by atoms with Crippen LogP contribution in [0.3, 0.4) is 0 Å². The minimum Gasteiger partial charge on any atom is -0.493 e. The smallest absolute Gasteiger partial charge is 0.257 e. The number of carbonyl (C=O) groups is 2. The molecule has 0 aliphatic rings. The van der Waals surface area contributed by atoms with Crippen LogP contribution in [-0.4, -0.2) is 38.1 Å². The molecule has 1 rings (SSSR count). The molecule has 0 heterocycles. The normalized spacial score (nSPS) is 11.5. The van der Waals surface area contributed by atoms with Crippen LogP contribution in [0.2, 0.25) is 0 Å². The van der Waals surface area contributed by atoms with E-state index in [9.17, 15) is 9.59 Å². The Morgan fingerprint density at radius 1 is 1.22 bits per heavy atom. The lowest BCUT2D eigenvalue weighted by molar-refractivity contribution is -0.123. The van der Waals surface area contributed by atoms with E-state index in [1.165, 1.54) is 7.11 Å². The Kier molecular flexibility index (Phi) is 7.90. The van der Waals surface area contributed by atoms with Gasteiger partial charge in [0.15, 0.2) is 18.1 Å². The maximum absolute atomic E-state index is 11.6. The van der Waals surface area contributed by atoms with E-state index in [-0.39, 0.29) is 30.9 Å². The first-order valence-corrected chi connectivity index (χ1v) is 7.55. The zero-order valence-corrected chi connectivity index (χ0v) is 13.8. The van der Waals surface area contributed by atoms with Gasteiger partial charge in [0.2, 0.25) is 5.91 Å². The third-order valence-corrected chi connectivity index (χ3v) is 2.96. The second kappa shape index (κ2) is 9.68. The van der Waals surface area contributed by atoms with Crippen LogP contribution in [0.4, 0.5) is 0 Å². The molecule has 0 aliphatic heterocycles. The van der Waals surface area contributed by atoms with Crippen molar-refractivity contribution in [3.63, 3.8) is 0 Å². The molecule has 0 saturated heterocycles. The molecule has 0 spiro atoms. The summed E-state index contributed by atoms with van der Waals surface area (Å²) in [6, 6.07) is 5.11. The lowest BCUT2D eigenvalue weighted by Gasteiger charge is -2.13. The van der Waals surface area contributed by atoms with Crippen LogP contribution in [-0.2, 0) is 16.1 Å². The summed E-state index contributed by atoms with van der Waals surface area (Å²) < 4.78 is 10.7. The van der Waals surface area contributed by atoms with Crippen LogP contribution in [0, 0.1) is 0 Å². The Morgan fingerprint density at radius 2 is 1.96 bits per heavy atom. The van der Waals surface area contributed by atoms with Gasteiger partial charge in [0.25, 0.3) is 5.91 Å². The van der Waals surface area contributed by atoms with Gasteiger partial charge in [0.1, 0.15) is 0 Å². The SMILES string of the molecule is CCNC(=O)COc1ccc(CNC(=O)CC(C)N)cc1OC. The van der Waals surface area contributed by atoms with Gasteiger partial charge in [0.05, 0.1) is 7.11 Å². The number of ether oxygens (including phenoxy) is 2. The molecule has 0 aromatic heterocycles. The first kappa shape index (κ1) is 18.8. The second-order valence-corrected chi connectivity index (χ2v) is 5.19. The molecule has 2 amide bonds. The van der Waals surface area contributed by atoms with Gasteiger partial charge in [-0.15, -0.1) is 0 Å². The predicted octanol–water partition coefficient (Wildman–Crippen LogP) is 0.564. The number of rotatable bonds is 9. The third-order valence-electron chi connectivity index (χ3n) is 2.96. The fraction of sp³-hybridized carbons (Fsp3) is 0.500. The van der Waals surface area contributed by atoms with Crippen molar-refractivity contribution < 1.29 is 19.1 Å². The first-order chi connectivity index (χ1) is 11.0. The highest BCUT2D eigenvalue weighted by molar-refractivity contribution is 5.77. The molecule has 0 bridgehead atoms. The molecule has 1 atom stereocenters. The average Bonchev–Trinajstić information content (AvgIpc) is 2.50. The number of nitrogens with one attached hydrogen (secondary N) is 2. The highest BCUT2D eigenvalue weighted by atomic mass is 16.5. The number of likely N-dealkylation sites (N-methyl/N-ethyl adjacent to an activating group) is 1. The van der Waals surface area contributed by atoms with Gasteiger partial charge in [0, 0.05) is 25.6 Å². The minimum absolute atomic E-state index is 0.0747. The summed E-state index contributed by atoms with van der Waals surface area (Å²) in [5.74, 6) is 0.690. The van der Waals surface area contributed by atoms with Crippen LogP contribution in [0.25, 0.3) is 0 Å². The average molecular weight is 323 g/mol. The Labute approximate surface area is 136 Å². The molecule has 7 nitrogen and oxygen atoms in total. The second-order valence-electron chi connectivity index (χ2n) is 5.19. The summed E-state index contributed by atoms with van der Waals surface area (Å²) in [7, 11) is 1.52. The Bertz CT molecular complexity index is 532. The highest BCUT2D eigenvalue weighted by Gasteiger charge is 2.09. The van der Waals surface area contributed by atoms with Crippen LogP contribution in [0.5, 0.6) is 11.5 Å². The maximum atomic E-state index is 11.6. The molecule has 0 saturated carbocycles. The van der Waals surface area contributed by atoms with Crippen molar-refractivity contribution in [1.29, 1.82) is 0 Å². The van der Waals surface area contributed by atoms with Crippen molar-refractivity contribution in [1.82, 2.24) is 10.6 Å². The fourth-order valence-corrected chi connectivity index (χ4v) is 1.90.